The number of oxime groups is 1. The molecule has 0 radical (unpaired) electrons. The van der Waals surface area contributed by atoms with Crippen LogP contribution in [0.1, 0.15) is 41.5 Å². The fourth-order valence-corrected chi connectivity index (χ4v) is 2.95. The van der Waals surface area contributed by atoms with Gasteiger partial charge in [-0.15, -0.1) is 0 Å². The first-order chi connectivity index (χ1) is 10.5. The zero-order valence-corrected chi connectivity index (χ0v) is 12.7. The molecule has 8 nitrogen and oxygen atoms in total. The second-order valence-corrected chi connectivity index (χ2v) is 5.58. The van der Waals surface area contributed by atoms with E-state index < -0.39 is 12.0 Å². The van der Waals surface area contributed by atoms with Crippen LogP contribution < -0.4 is 5.73 Å². The number of nitrogens with zero attached hydrogens (tertiary/aromatic N) is 4. The van der Waals surface area contributed by atoms with Gasteiger partial charge in [0.05, 0.1) is 5.71 Å². The molecule has 0 bridgehead atoms. The topological polar surface area (TPSA) is 103 Å². The second-order valence-electron chi connectivity index (χ2n) is 5.58. The van der Waals surface area contributed by atoms with Crippen LogP contribution in [0, 0.1) is 0 Å². The van der Waals surface area contributed by atoms with Crippen molar-refractivity contribution in [1.29, 1.82) is 0 Å². The molecule has 1 atom stereocenters. The number of carbonyl (C=O) groups is 2. The third-order valence-electron chi connectivity index (χ3n) is 4.20. The molecule has 22 heavy (non-hydrogen) atoms. The van der Waals surface area contributed by atoms with Gasteiger partial charge in [0, 0.05) is 44.2 Å². The molecule has 1 aromatic rings. The molecule has 0 saturated heterocycles. The van der Waals surface area contributed by atoms with Crippen LogP contribution in [0.2, 0.25) is 0 Å². The van der Waals surface area contributed by atoms with Crippen molar-refractivity contribution in [2.24, 2.45) is 17.9 Å². The van der Waals surface area contributed by atoms with Crippen molar-refractivity contribution in [2.45, 2.75) is 38.8 Å². The number of carbonyl (C=O) groups excluding carboxylic acids is 2. The zero-order chi connectivity index (χ0) is 15.9. The maximum atomic E-state index is 12.5. The fourth-order valence-electron chi connectivity index (χ4n) is 2.95. The first kappa shape index (κ1) is 14.6. The van der Waals surface area contributed by atoms with E-state index in [2.05, 4.69) is 10.3 Å². The minimum absolute atomic E-state index is 0.0999. The van der Waals surface area contributed by atoms with Crippen LogP contribution in [0.15, 0.2) is 5.16 Å². The predicted octanol–water partition coefficient (Wildman–Crippen LogP) is -0.0414. The van der Waals surface area contributed by atoms with Crippen molar-refractivity contribution in [2.75, 3.05) is 6.54 Å². The summed E-state index contributed by atoms with van der Waals surface area (Å²) in [4.78, 5) is 31.0. The molecule has 1 aromatic heterocycles. The summed E-state index contributed by atoms with van der Waals surface area (Å²) in [5.41, 5.74) is 8.21. The highest BCUT2D eigenvalue weighted by Crippen LogP contribution is 2.24. The van der Waals surface area contributed by atoms with Crippen LogP contribution in [-0.4, -0.2) is 44.9 Å². The Balaban J connectivity index is 1.77. The van der Waals surface area contributed by atoms with Crippen molar-refractivity contribution < 1.29 is 14.4 Å². The third kappa shape index (κ3) is 2.34. The molecule has 2 amide bonds. The molecule has 8 heteroatoms. The molecule has 0 unspecified atom stereocenters. The Morgan fingerprint density at radius 2 is 2.23 bits per heavy atom. The number of nitrogens with two attached hydrogens (primary N) is 1. The Morgan fingerprint density at radius 3 is 2.86 bits per heavy atom. The van der Waals surface area contributed by atoms with E-state index in [1.165, 1.54) is 0 Å². The van der Waals surface area contributed by atoms with Crippen molar-refractivity contribution in [3.05, 3.63) is 17.0 Å². The highest BCUT2D eigenvalue weighted by molar-refractivity contribution is 5.94. The van der Waals surface area contributed by atoms with Gasteiger partial charge in [0.2, 0.25) is 6.10 Å². The molecule has 2 aliphatic rings. The SMILES string of the molecule is CCC1=NO[C@H](C(=O)N2CCc3c(c(C(N)=O)nn3C)C2)C1. The number of aromatic nitrogens is 2. The molecule has 0 aliphatic carbocycles. The van der Waals surface area contributed by atoms with Gasteiger partial charge in [-0.3, -0.25) is 14.3 Å². The van der Waals surface area contributed by atoms with Crippen LogP contribution >= 0.6 is 0 Å². The highest BCUT2D eigenvalue weighted by Gasteiger charge is 2.35. The molecule has 2 N–H and O–H groups in total. The Kier molecular flexibility index (Phi) is 3.59. The van der Waals surface area contributed by atoms with Crippen LogP contribution in [0.25, 0.3) is 0 Å². The number of primary amides is 1. The lowest BCUT2D eigenvalue weighted by atomic mass is 10.0. The van der Waals surface area contributed by atoms with Crippen LogP contribution in [0.4, 0.5) is 0 Å². The summed E-state index contributed by atoms with van der Waals surface area (Å²) in [6, 6.07) is 0. The van der Waals surface area contributed by atoms with E-state index in [1.54, 1.807) is 16.6 Å². The molecule has 118 valence electrons. The van der Waals surface area contributed by atoms with Gasteiger partial charge >= 0.3 is 0 Å². The number of hydrogen-bond acceptors (Lipinski definition) is 5. The predicted molar refractivity (Wildman–Crippen MR) is 78.1 cm³/mol. The van der Waals surface area contributed by atoms with Gasteiger partial charge in [-0.25, -0.2) is 0 Å². The summed E-state index contributed by atoms with van der Waals surface area (Å²) in [6.07, 6.45) is 1.41. The number of amides is 2. The van der Waals surface area contributed by atoms with Gasteiger partial charge in [-0.05, 0) is 6.42 Å². The molecule has 2 aliphatic heterocycles. The molecular formula is C14H19N5O3. The van der Waals surface area contributed by atoms with Crippen LogP contribution in [0.3, 0.4) is 0 Å². The minimum Gasteiger partial charge on any atom is -0.382 e. The van der Waals surface area contributed by atoms with Crippen molar-refractivity contribution in [3.63, 3.8) is 0 Å². The first-order valence-corrected chi connectivity index (χ1v) is 7.36. The van der Waals surface area contributed by atoms with E-state index >= 15 is 0 Å². The Morgan fingerprint density at radius 1 is 1.45 bits per heavy atom. The summed E-state index contributed by atoms with van der Waals surface area (Å²) in [6.45, 7) is 2.89. The average Bonchev–Trinajstić information content (AvgIpc) is 3.11. The van der Waals surface area contributed by atoms with Gasteiger partial charge in [0.25, 0.3) is 11.8 Å². The molecular weight excluding hydrogens is 286 g/mol. The zero-order valence-electron chi connectivity index (χ0n) is 12.7. The summed E-state index contributed by atoms with van der Waals surface area (Å²) in [7, 11) is 1.78. The number of aryl methyl sites for hydroxylation is 1. The average molecular weight is 305 g/mol. The quantitative estimate of drug-likeness (QED) is 0.846. The maximum absolute atomic E-state index is 12.5. The van der Waals surface area contributed by atoms with Gasteiger partial charge in [0.15, 0.2) is 5.69 Å². The summed E-state index contributed by atoms with van der Waals surface area (Å²) >= 11 is 0. The van der Waals surface area contributed by atoms with E-state index in [0.29, 0.717) is 25.9 Å². The lowest BCUT2D eigenvalue weighted by Crippen LogP contribution is -2.42. The van der Waals surface area contributed by atoms with Crippen molar-refractivity contribution in [3.8, 4) is 0 Å². The number of hydrogen-bond donors (Lipinski definition) is 1. The van der Waals surface area contributed by atoms with Gasteiger partial charge < -0.3 is 15.5 Å². The van der Waals surface area contributed by atoms with E-state index in [1.807, 2.05) is 6.92 Å². The molecule has 0 fully saturated rings. The lowest BCUT2D eigenvalue weighted by Gasteiger charge is -2.28. The molecule has 3 rings (SSSR count). The molecule has 3 heterocycles. The lowest BCUT2D eigenvalue weighted by molar-refractivity contribution is -0.143. The van der Waals surface area contributed by atoms with E-state index in [-0.39, 0.29) is 11.6 Å². The summed E-state index contributed by atoms with van der Waals surface area (Å²) < 4.78 is 1.67. The molecule has 0 saturated carbocycles. The smallest absolute Gasteiger partial charge is 0.269 e. The number of fused-ring (bicyclic) bond motifs is 1. The molecule has 0 spiro atoms. The third-order valence-corrected chi connectivity index (χ3v) is 4.20. The Bertz CT molecular complexity index is 664. The second kappa shape index (κ2) is 5.43. The van der Waals surface area contributed by atoms with Crippen molar-refractivity contribution >= 4 is 17.5 Å². The van der Waals surface area contributed by atoms with Gasteiger partial charge in [-0.2, -0.15) is 5.10 Å². The fraction of sp³-hybridized carbons (Fsp3) is 0.571. The van der Waals surface area contributed by atoms with E-state index in [9.17, 15) is 9.59 Å². The summed E-state index contributed by atoms with van der Waals surface area (Å²) in [5, 5.41) is 8.08. The maximum Gasteiger partial charge on any atom is 0.269 e. The van der Waals surface area contributed by atoms with E-state index in [0.717, 1.165) is 23.4 Å². The van der Waals surface area contributed by atoms with Crippen LogP contribution in [-0.2, 0) is 29.6 Å². The van der Waals surface area contributed by atoms with E-state index in [4.69, 9.17) is 10.6 Å². The standard InChI is InChI=1S/C14H19N5O3/c1-3-8-6-11(22-17-8)14(21)19-5-4-10-9(7-19)12(13(15)20)16-18(10)2/h11H,3-7H2,1-2H3,(H2,15,20)/t11-/m0/s1. The van der Waals surface area contributed by atoms with Crippen molar-refractivity contribution in [1.82, 2.24) is 14.7 Å². The first-order valence-electron chi connectivity index (χ1n) is 7.36. The minimum atomic E-state index is -0.570. The molecule has 0 aromatic carbocycles. The Hall–Kier alpha value is -2.38. The van der Waals surface area contributed by atoms with Crippen LogP contribution in [0.5, 0.6) is 0 Å². The van der Waals surface area contributed by atoms with Gasteiger partial charge in [-0.1, -0.05) is 12.1 Å². The monoisotopic (exact) mass is 305 g/mol. The number of rotatable bonds is 3. The van der Waals surface area contributed by atoms with Gasteiger partial charge in [0.1, 0.15) is 0 Å². The normalized spacial score (nSPS) is 20.4. The summed E-state index contributed by atoms with van der Waals surface area (Å²) in [5.74, 6) is -0.669. The highest BCUT2D eigenvalue weighted by atomic mass is 16.6. The Labute approximate surface area is 127 Å². The largest absolute Gasteiger partial charge is 0.382 e.